The van der Waals surface area contributed by atoms with Crippen molar-refractivity contribution < 1.29 is 5.11 Å². The van der Waals surface area contributed by atoms with Crippen LogP contribution in [0.2, 0.25) is 0 Å². The van der Waals surface area contributed by atoms with Gasteiger partial charge in [0.05, 0.1) is 5.69 Å². The predicted octanol–water partition coefficient (Wildman–Crippen LogP) is 2.61. The van der Waals surface area contributed by atoms with Crippen LogP contribution in [0.4, 0.5) is 0 Å². The number of aromatic nitrogens is 2. The largest absolute Gasteiger partial charge is 0.396 e. The van der Waals surface area contributed by atoms with Crippen molar-refractivity contribution in [3.63, 3.8) is 0 Å². The van der Waals surface area contributed by atoms with Crippen molar-refractivity contribution in [1.82, 2.24) is 14.7 Å². The Kier molecular flexibility index (Phi) is 5.58. The van der Waals surface area contributed by atoms with E-state index in [4.69, 9.17) is 5.11 Å². The lowest BCUT2D eigenvalue weighted by Crippen LogP contribution is -2.24. The van der Waals surface area contributed by atoms with Crippen molar-refractivity contribution in [2.75, 3.05) is 6.61 Å². The van der Waals surface area contributed by atoms with Crippen LogP contribution in [0, 0.1) is 6.92 Å². The molecular weight excluding hydrogens is 314 g/mol. The minimum atomic E-state index is -0.0634. The van der Waals surface area contributed by atoms with Gasteiger partial charge in [0, 0.05) is 31.0 Å². The van der Waals surface area contributed by atoms with Crippen LogP contribution in [0.1, 0.15) is 35.8 Å². The highest BCUT2D eigenvalue weighted by Crippen LogP contribution is 2.18. The van der Waals surface area contributed by atoms with Crippen molar-refractivity contribution >= 4 is 5.65 Å². The summed E-state index contributed by atoms with van der Waals surface area (Å²) >= 11 is 0. The molecule has 3 rings (SSSR count). The summed E-state index contributed by atoms with van der Waals surface area (Å²) in [5.41, 5.74) is 3.37. The molecule has 5 heteroatoms. The zero-order valence-corrected chi connectivity index (χ0v) is 14.4. The fourth-order valence-corrected chi connectivity index (χ4v) is 3.05. The average molecular weight is 337 g/mol. The number of hydrogen-bond donors (Lipinski definition) is 2. The summed E-state index contributed by atoms with van der Waals surface area (Å²) in [7, 11) is 0. The average Bonchev–Trinajstić information content (AvgIpc) is 2.62. The van der Waals surface area contributed by atoms with Gasteiger partial charge in [0.25, 0.3) is 5.56 Å². The summed E-state index contributed by atoms with van der Waals surface area (Å²) in [6.45, 7) is 2.57. The SMILES string of the molecule is Cc1cccc2nc(CNC(CCCO)c3ccccc3)cc(=O)n12. The lowest BCUT2D eigenvalue weighted by Gasteiger charge is -2.19. The minimum absolute atomic E-state index is 0.0634. The van der Waals surface area contributed by atoms with Crippen molar-refractivity contribution in [1.29, 1.82) is 0 Å². The number of aliphatic hydroxyl groups excluding tert-OH is 1. The second kappa shape index (κ2) is 8.05. The highest BCUT2D eigenvalue weighted by molar-refractivity contribution is 5.40. The minimum Gasteiger partial charge on any atom is -0.396 e. The molecule has 1 atom stereocenters. The first-order valence-corrected chi connectivity index (χ1v) is 8.56. The van der Waals surface area contributed by atoms with Crippen LogP contribution in [-0.4, -0.2) is 21.1 Å². The summed E-state index contributed by atoms with van der Waals surface area (Å²) in [4.78, 5) is 17.0. The molecule has 0 aliphatic heterocycles. The van der Waals surface area contributed by atoms with E-state index in [-0.39, 0.29) is 18.2 Å². The highest BCUT2D eigenvalue weighted by atomic mass is 16.2. The molecule has 2 aromatic heterocycles. The second-order valence-corrected chi connectivity index (χ2v) is 6.16. The van der Waals surface area contributed by atoms with Gasteiger partial charge in [-0.1, -0.05) is 36.4 Å². The van der Waals surface area contributed by atoms with Gasteiger partial charge in [0.2, 0.25) is 0 Å². The van der Waals surface area contributed by atoms with Gasteiger partial charge in [-0.25, -0.2) is 4.98 Å². The number of benzene rings is 1. The Labute approximate surface area is 147 Å². The van der Waals surface area contributed by atoms with Gasteiger partial charge < -0.3 is 10.4 Å². The normalized spacial score (nSPS) is 12.4. The van der Waals surface area contributed by atoms with Crippen LogP contribution in [0.25, 0.3) is 5.65 Å². The molecule has 0 spiro atoms. The summed E-state index contributed by atoms with van der Waals surface area (Å²) in [6, 6.07) is 17.5. The molecular formula is C20H23N3O2. The van der Waals surface area contributed by atoms with Crippen LogP contribution in [0.3, 0.4) is 0 Å². The van der Waals surface area contributed by atoms with E-state index in [9.17, 15) is 4.79 Å². The standard InChI is InChI=1S/C20H23N3O2/c1-15-7-5-11-19-22-17(13-20(25)23(15)19)14-21-18(10-6-12-24)16-8-3-2-4-9-16/h2-5,7-9,11,13,18,21,24H,6,10,12,14H2,1H3. The summed E-state index contributed by atoms with van der Waals surface area (Å²) in [6.07, 6.45) is 1.55. The van der Waals surface area contributed by atoms with Gasteiger partial charge >= 0.3 is 0 Å². The maximum atomic E-state index is 12.4. The summed E-state index contributed by atoms with van der Waals surface area (Å²) < 4.78 is 1.62. The second-order valence-electron chi connectivity index (χ2n) is 6.16. The van der Waals surface area contributed by atoms with Crippen molar-refractivity contribution in [3.05, 3.63) is 81.9 Å². The van der Waals surface area contributed by atoms with Gasteiger partial charge in [-0.3, -0.25) is 9.20 Å². The third-order valence-electron chi connectivity index (χ3n) is 4.32. The number of pyridine rings is 1. The molecule has 0 aliphatic rings. The first-order chi connectivity index (χ1) is 12.2. The van der Waals surface area contributed by atoms with Crippen LogP contribution in [-0.2, 0) is 6.54 Å². The van der Waals surface area contributed by atoms with Gasteiger partial charge in [0.1, 0.15) is 5.65 Å². The number of aliphatic hydroxyl groups is 1. The predicted molar refractivity (Wildman–Crippen MR) is 98.5 cm³/mol. The van der Waals surface area contributed by atoms with E-state index in [1.54, 1.807) is 10.5 Å². The van der Waals surface area contributed by atoms with E-state index in [0.717, 1.165) is 24.2 Å². The highest BCUT2D eigenvalue weighted by Gasteiger charge is 2.11. The van der Waals surface area contributed by atoms with Gasteiger partial charge in [-0.05, 0) is 37.5 Å². The Morgan fingerprint density at radius 3 is 2.72 bits per heavy atom. The smallest absolute Gasteiger partial charge is 0.258 e. The van der Waals surface area contributed by atoms with Crippen molar-refractivity contribution in [2.45, 2.75) is 32.4 Å². The van der Waals surface area contributed by atoms with Crippen LogP contribution >= 0.6 is 0 Å². The monoisotopic (exact) mass is 337 g/mol. The van der Waals surface area contributed by atoms with Crippen molar-refractivity contribution in [2.24, 2.45) is 0 Å². The van der Waals surface area contributed by atoms with E-state index in [2.05, 4.69) is 22.4 Å². The van der Waals surface area contributed by atoms with Gasteiger partial charge in [-0.2, -0.15) is 0 Å². The first-order valence-electron chi connectivity index (χ1n) is 8.56. The lowest BCUT2D eigenvalue weighted by atomic mass is 10.0. The summed E-state index contributed by atoms with van der Waals surface area (Å²) in [5, 5.41) is 12.6. The molecule has 0 aliphatic carbocycles. The number of aryl methyl sites for hydroxylation is 1. The van der Waals surface area contributed by atoms with Gasteiger partial charge in [-0.15, -0.1) is 0 Å². The Morgan fingerprint density at radius 1 is 1.16 bits per heavy atom. The first kappa shape index (κ1) is 17.3. The molecule has 1 unspecified atom stereocenters. The molecule has 0 fully saturated rings. The molecule has 25 heavy (non-hydrogen) atoms. The number of rotatable bonds is 7. The Bertz CT molecular complexity index is 890. The molecule has 0 saturated carbocycles. The number of hydrogen-bond acceptors (Lipinski definition) is 4. The molecule has 0 radical (unpaired) electrons. The molecule has 130 valence electrons. The number of nitrogens with one attached hydrogen (secondary N) is 1. The molecule has 0 saturated heterocycles. The maximum Gasteiger partial charge on any atom is 0.258 e. The molecule has 5 nitrogen and oxygen atoms in total. The third-order valence-corrected chi connectivity index (χ3v) is 4.32. The fraction of sp³-hybridized carbons (Fsp3) is 0.300. The molecule has 2 heterocycles. The zero-order valence-electron chi connectivity index (χ0n) is 14.4. The molecule has 0 amide bonds. The number of nitrogens with zero attached hydrogens (tertiary/aromatic N) is 2. The molecule has 0 bridgehead atoms. The third kappa shape index (κ3) is 4.13. The van der Waals surface area contributed by atoms with Crippen LogP contribution < -0.4 is 10.9 Å². The maximum absolute atomic E-state index is 12.4. The van der Waals surface area contributed by atoms with Crippen LogP contribution in [0.15, 0.2) is 59.4 Å². The number of fused-ring (bicyclic) bond motifs is 1. The lowest BCUT2D eigenvalue weighted by molar-refractivity contribution is 0.274. The van der Waals surface area contributed by atoms with E-state index >= 15 is 0 Å². The van der Waals surface area contributed by atoms with Gasteiger partial charge in [0.15, 0.2) is 0 Å². The Morgan fingerprint density at radius 2 is 1.96 bits per heavy atom. The zero-order chi connectivity index (χ0) is 17.6. The molecule has 2 N–H and O–H groups in total. The topological polar surface area (TPSA) is 66.6 Å². The van der Waals surface area contributed by atoms with Crippen LogP contribution in [0.5, 0.6) is 0 Å². The van der Waals surface area contributed by atoms with Crippen molar-refractivity contribution in [3.8, 4) is 0 Å². The Hall–Kier alpha value is -2.50. The molecule has 3 aromatic rings. The Balaban J connectivity index is 1.81. The van der Waals surface area contributed by atoms with E-state index in [1.807, 2.05) is 43.3 Å². The van der Waals surface area contributed by atoms with E-state index in [0.29, 0.717) is 12.2 Å². The quantitative estimate of drug-likeness (QED) is 0.695. The van der Waals surface area contributed by atoms with E-state index < -0.39 is 0 Å². The molecule has 1 aromatic carbocycles. The fourth-order valence-electron chi connectivity index (χ4n) is 3.05. The summed E-state index contributed by atoms with van der Waals surface area (Å²) in [5.74, 6) is 0. The van der Waals surface area contributed by atoms with E-state index in [1.165, 1.54) is 5.56 Å².